The zero-order valence-corrected chi connectivity index (χ0v) is 11.0. The molecule has 94 valence electrons. The van der Waals surface area contributed by atoms with Gasteiger partial charge in [0.2, 0.25) is 0 Å². The molecule has 0 amide bonds. The molecule has 1 aromatic rings. The van der Waals surface area contributed by atoms with Gasteiger partial charge in [0.05, 0.1) is 5.75 Å². The van der Waals surface area contributed by atoms with Crippen molar-refractivity contribution in [3.63, 3.8) is 0 Å². The minimum Gasteiger partial charge on any atom is -0.298 e. The average Bonchev–Trinajstić information content (AvgIpc) is 2.15. The van der Waals surface area contributed by atoms with Crippen LogP contribution in [0, 0.1) is 5.92 Å². The van der Waals surface area contributed by atoms with Crippen LogP contribution in [0.4, 0.5) is 0 Å². The average molecular weight is 254 g/mol. The van der Waals surface area contributed by atoms with Crippen LogP contribution in [-0.2, 0) is 21.1 Å². The molecule has 17 heavy (non-hydrogen) atoms. The molecule has 0 atom stereocenters. The zero-order valence-electron chi connectivity index (χ0n) is 10.2. The summed E-state index contributed by atoms with van der Waals surface area (Å²) >= 11 is 0. The van der Waals surface area contributed by atoms with Gasteiger partial charge in [0.25, 0.3) is 0 Å². The summed E-state index contributed by atoms with van der Waals surface area (Å²) < 4.78 is 23.2. The predicted octanol–water partition coefficient (Wildman–Crippen LogP) is 1.87. The summed E-state index contributed by atoms with van der Waals surface area (Å²) in [6.07, 6.45) is 0.193. The fourth-order valence-electron chi connectivity index (χ4n) is 1.69. The van der Waals surface area contributed by atoms with E-state index >= 15 is 0 Å². The van der Waals surface area contributed by atoms with Crippen LogP contribution in [0.15, 0.2) is 30.3 Å². The van der Waals surface area contributed by atoms with Crippen molar-refractivity contribution < 1.29 is 13.2 Å². The van der Waals surface area contributed by atoms with E-state index in [1.807, 2.05) is 44.2 Å². The number of benzene rings is 1. The maximum atomic E-state index is 11.6. The summed E-state index contributed by atoms with van der Waals surface area (Å²) in [6.45, 7) is 3.67. The van der Waals surface area contributed by atoms with Crippen LogP contribution in [0.3, 0.4) is 0 Å². The lowest BCUT2D eigenvalue weighted by molar-refractivity contribution is -0.116. The van der Waals surface area contributed by atoms with Gasteiger partial charge in [-0.3, -0.25) is 4.79 Å². The number of hydrogen-bond donors (Lipinski definition) is 0. The van der Waals surface area contributed by atoms with Crippen LogP contribution in [0.25, 0.3) is 0 Å². The van der Waals surface area contributed by atoms with Gasteiger partial charge in [-0.25, -0.2) is 8.42 Å². The molecule has 0 heterocycles. The topological polar surface area (TPSA) is 51.2 Å². The van der Waals surface area contributed by atoms with E-state index in [1.165, 1.54) is 0 Å². The Balaban J connectivity index is 2.56. The van der Waals surface area contributed by atoms with Gasteiger partial charge in [-0.15, -0.1) is 0 Å². The van der Waals surface area contributed by atoms with E-state index in [2.05, 4.69) is 0 Å². The number of ketones is 1. The number of Topliss-reactive ketones (excluding diaryl/α,β-unsaturated/α-hetero) is 1. The molecule has 0 radical (unpaired) electrons. The third-order valence-electron chi connectivity index (χ3n) is 2.21. The Morgan fingerprint density at radius 2 is 1.76 bits per heavy atom. The van der Waals surface area contributed by atoms with E-state index < -0.39 is 9.84 Å². The van der Waals surface area contributed by atoms with Crippen molar-refractivity contribution in [1.29, 1.82) is 0 Å². The summed E-state index contributed by atoms with van der Waals surface area (Å²) in [4.78, 5) is 11.6. The lowest BCUT2D eigenvalue weighted by Gasteiger charge is -2.06. The van der Waals surface area contributed by atoms with Crippen LogP contribution < -0.4 is 0 Å². The molecule has 0 bridgehead atoms. The van der Waals surface area contributed by atoms with Gasteiger partial charge in [0, 0.05) is 6.42 Å². The Kier molecular flexibility index (Phi) is 4.87. The summed E-state index contributed by atoms with van der Waals surface area (Å²) in [7, 11) is -3.25. The maximum Gasteiger partial charge on any atom is 0.157 e. The number of hydrogen-bond acceptors (Lipinski definition) is 3. The predicted molar refractivity (Wildman–Crippen MR) is 68.6 cm³/mol. The first-order valence-electron chi connectivity index (χ1n) is 5.65. The number of sulfone groups is 1. The van der Waals surface area contributed by atoms with Gasteiger partial charge in [0.15, 0.2) is 15.6 Å². The van der Waals surface area contributed by atoms with Crippen LogP contribution in [0.1, 0.15) is 19.4 Å². The van der Waals surface area contributed by atoms with E-state index in [0.717, 1.165) is 5.56 Å². The van der Waals surface area contributed by atoms with E-state index in [4.69, 9.17) is 0 Å². The second kappa shape index (κ2) is 5.96. The fourth-order valence-corrected chi connectivity index (χ4v) is 3.41. The van der Waals surface area contributed by atoms with Crippen molar-refractivity contribution in [3.05, 3.63) is 35.9 Å². The second-order valence-corrected chi connectivity index (χ2v) is 6.76. The second-order valence-electron chi connectivity index (χ2n) is 4.65. The first kappa shape index (κ1) is 13.9. The molecule has 0 aliphatic rings. The van der Waals surface area contributed by atoms with Crippen LogP contribution in [0.2, 0.25) is 0 Å². The highest BCUT2D eigenvalue weighted by atomic mass is 32.2. The summed E-state index contributed by atoms with van der Waals surface area (Å²) in [6, 6.07) is 9.19. The van der Waals surface area contributed by atoms with E-state index in [9.17, 15) is 13.2 Å². The molecule has 0 aliphatic heterocycles. The lowest BCUT2D eigenvalue weighted by atomic mass is 10.1. The highest BCUT2D eigenvalue weighted by Gasteiger charge is 2.18. The highest BCUT2D eigenvalue weighted by molar-refractivity contribution is 7.92. The molecule has 0 aliphatic carbocycles. The number of carbonyl (C=O) groups is 1. The molecule has 3 nitrogen and oxygen atoms in total. The Bertz CT molecular complexity index is 461. The minimum atomic E-state index is -3.25. The quantitative estimate of drug-likeness (QED) is 0.778. The number of rotatable bonds is 6. The highest BCUT2D eigenvalue weighted by Crippen LogP contribution is 2.05. The van der Waals surface area contributed by atoms with Crippen LogP contribution >= 0.6 is 0 Å². The van der Waals surface area contributed by atoms with Crippen LogP contribution in [0.5, 0.6) is 0 Å². The standard InChI is InChI=1S/C13H18O3S/c1-11(2)9-17(15,16)10-13(14)8-12-6-4-3-5-7-12/h3-7,11H,8-10H2,1-2H3. The molecule has 1 rings (SSSR count). The molecule has 4 heteroatoms. The Morgan fingerprint density at radius 3 is 2.29 bits per heavy atom. The molecule has 0 saturated heterocycles. The molecule has 0 saturated carbocycles. The van der Waals surface area contributed by atoms with E-state index in [-0.39, 0.29) is 29.6 Å². The molecule has 0 N–H and O–H groups in total. The summed E-state index contributed by atoms with van der Waals surface area (Å²) in [5, 5.41) is 0. The SMILES string of the molecule is CC(C)CS(=O)(=O)CC(=O)Cc1ccccc1. The van der Waals surface area contributed by atoms with Gasteiger partial charge in [-0.05, 0) is 11.5 Å². The Hall–Kier alpha value is -1.16. The summed E-state index contributed by atoms with van der Waals surface area (Å²) in [5.41, 5.74) is 0.859. The van der Waals surface area contributed by atoms with Crippen molar-refractivity contribution in [3.8, 4) is 0 Å². The first-order valence-corrected chi connectivity index (χ1v) is 7.47. The molecular weight excluding hydrogens is 236 g/mol. The molecule has 0 unspecified atom stereocenters. The fraction of sp³-hybridized carbons (Fsp3) is 0.462. The Morgan fingerprint density at radius 1 is 1.18 bits per heavy atom. The molecule has 0 aromatic heterocycles. The largest absolute Gasteiger partial charge is 0.298 e. The van der Waals surface area contributed by atoms with Crippen molar-refractivity contribution in [2.24, 2.45) is 5.92 Å². The Labute approximate surface area is 103 Å². The van der Waals surface area contributed by atoms with Gasteiger partial charge >= 0.3 is 0 Å². The third kappa shape index (κ3) is 5.63. The molecular formula is C13H18O3S. The van der Waals surface area contributed by atoms with Gasteiger partial charge < -0.3 is 0 Å². The summed E-state index contributed by atoms with van der Waals surface area (Å²) in [5.74, 6) is -0.450. The maximum absolute atomic E-state index is 11.6. The monoisotopic (exact) mass is 254 g/mol. The van der Waals surface area contributed by atoms with Crippen molar-refractivity contribution in [1.82, 2.24) is 0 Å². The van der Waals surface area contributed by atoms with E-state index in [1.54, 1.807) is 0 Å². The first-order chi connectivity index (χ1) is 7.89. The van der Waals surface area contributed by atoms with Crippen molar-refractivity contribution >= 4 is 15.6 Å². The van der Waals surface area contributed by atoms with E-state index in [0.29, 0.717) is 0 Å². The van der Waals surface area contributed by atoms with Gasteiger partial charge in [-0.1, -0.05) is 44.2 Å². The van der Waals surface area contributed by atoms with Crippen molar-refractivity contribution in [2.75, 3.05) is 11.5 Å². The van der Waals surface area contributed by atoms with Gasteiger partial charge in [-0.2, -0.15) is 0 Å². The molecule has 0 spiro atoms. The normalized spacial score (nSPS) is 11.7. The molecule has 1 aromatic carbocycles. The zero-order chi connectivity index (χ0) is 12.9. The van der Waals surface area contributed by atoms with Crippen LogP contribution in [-0.4, -0.2) is 25.7 Å². The third-order valence-corrected chi connectivity index (χ3v) is 4.15. The smallest absolute Gasteiger partial charge is 0.157 e. The lowest BCUT2D eigenvalue weighted by Crippen LogP contribution is -2.22. The minimum absolute atomic E-state index is 0.0597. The molecule has 0 fully saturated rings. The number of carbonyl (C=O) groups excluding carboxylic acids is 1. The van der Waals surface area contributed by atoms with Crippen molar-refractivity contribution in [2.45, 2.75) is 20.3 Å². The van der Waals surface area contributed by atoms with Gasteiger partial charge in [0.1, 0.15) is 5.75 Å².